The van der Waals surface area contributed by atoms with Crippen LogP contribution >= 0.6 is 0 Å². The summed E-state index contributed by atoms with van der Waals surface area (Å²) < 4.78 is 20.6. The summed E-state index contributed by atoms with van der Waals surface area (Å²) in [4.78, 5) is 25.6. The summed E-state index contributed by atoms with van der Waals surface area (Å²) in [7, 11) is 1.99. The average molecular weight is 420 g/mol. The van der Waals surface area contributed by atoms with E-state index in [0.29, 0.717) is 29.9 Å². The first-order valence-corrected chi connectivity index (χ1v) is 10.1. The zero-order valence-corrected chi connectivity index (χ0v) is 17.4. The van der Waals surface area contributed by atoms with Gasteiger partial charge in [0.2, 0.25) is 5.72 Å². The highest BCUT2D eigenvalue weighted by molar-refractivity contribution is 5.81. The quantitative estimate of drug-likeness (QED) is 0.590. The molecule has 2 aliphatic heterocycles. The monoisotopic (exact) mass is 420 g/mol. The molecule has 0 spiro atoms. The Hall–Kier alpha value is -2.34. The molecule has 2 saturated heterocycles. The average Bonchev–Trinajstić information content (AvgIpc) is 3.30. The van der Waals surface area contributed by atoms with Crippen molar-refractivity contribution in [2.24, 2.45) is 0 Å². The Balaban J connectivity index is 1.53. The number of aliphatic carboxylic acids is 1. The molecule has 0 aliphatic carbocycles. The zero-order chi connectivity index (χ0) is 21.5. The smallest absolute Gasteiger partial charge is 0.303 e. The number of nitrogen functional groups attached to an aromatic ring is 1. The van der Waals surface area contributed by atoms with Gasteiger partial charge in [-0.1, -0.05) is 0 Å². The Bertz CT molecular complexity index is 933. The van der Waals surface area contributed by atoms with Gasteiger partial charge in [0.15, 0.2) is 17.3 Å². The molecule has 0 bridgehead atoms. The minimum Gasteiger partial charge on any atom is -0.481 e. The van der Waals surface area contributed by atoms with E-state index in [1.165, 1.54) is 6.33 Å². The van der Waals surface area contributed by atoms with E-state index in [1.54, 1.807) is 6.33 Å². The van der Waals surface area contributed by atoms with Crippen molar-refractivity contribution in [1.29, 1.82) is 0 Å². The van der Waals surface area contributed by atoms with Gasteiger partial charge in [0.1, 0.15) is 24.1 Å². The van der Waals surface area contributed by atoms with Crippen molar-refractivity contribution in [3.8, 4) is 0 Å². The van der Waals surface area contributed by atoms with Crippen LogP contribution in [-0.4, -0.2) is 80.2 Å². The van der Waals surface area contributed by atoms with E-state index < -0.39 is 17.5 Å². The zero-order valence-electron chi connectivity index (χ0n) is 17.4. The third-order valence-electron chi connectivity index (χ3n) is 5.56. The molecule has 30 heavy (non-hydrogen) atoms. The number of carbonyl (C=O) groups is 1. The van der Waals surface area contributed by atoms with E-state index in [9.17, 15) is 4.79 Å². The van der Waals surface area contributed by atoms with Gasteiger partial charge >= 0.3 is 5.97 Å². The largest absolute Gasteiger partial charge is 0.481 e. The first kappa shape index (κ1) is 20.9. The SMILES string of the molecule is CN(CCCCC(=O)O)CC1OCC2(n3cnc4c(N)ncnc43)OC(C)(C)OC12. The van der Waals surface area contributed by atoms with E-state index in [2.05, 4.69) is 19.9 Å². The van der Waals surface area contributed by atoms with Gasteiger partial charge in [0.25, 0.3) is 0 Å². The molecule has 0 saturated carbocycles. The van der Waals surface area contributed by atoms with Crippen LogP contribution < -0.4 is 5.73 Å². The molecule has 2 aromatic heterocycles. The maximum atomic E-state index is 10.7. The molecule has 11 nitrogen and oxygen atoms in total. The van der Waals surface area contributed by atoms with Crippen molar-refractivity contribution in [1.82, 2.24) is 24.4 Å². The van der Waals surface area contributed by atoms with Crippen LogP contribution in [0.4, 0.5) is 5.82 Å². The molecule has 3 atom stereocenters. The van der Waals surface area contributed by atoms with Gasteiger partial charge in [-0.2, -0.15) is 0 Å². The number of aromatic nitrogens is 4. The van der Waals surface area contributed by atoms with E-state index in [0.717, 1.165) is 13.0 Å². The molecule has 4 heterocycles. The maximum absolute atomic E-state index is 10.7. The Kier molecular flexibility index (Phi) is 5.39. The predicted molar refractivity (Wildman–Crippen MR) is 106 cm³/mol. The van der Waals surface area contributed by atoms with Crippen molar-refractivity contribution in [2.45, 2.75) is 56.8 Å². The lowest BCUT2D eigenvalue weighted by atomic mass is 10.0. The van der Waals surface area contributed by atoms with Crippen LogP contribution in [0, 0.1) is 0 Å². The van der Waals surface area contributed by atoms with Gasteiger partial charge in [-0.05, 0) is 40.3 Å². The maximum Gasteiger partial charge on any atom is 0.303 e. The van der Waals surface area contributed by atoms with Gasteiger partial charge in [0, 0.05) is 13.0 Å². The third-order valence-corrected chi connectivity index (χ3v) is 5.56. The Morgan fingerprint density at radius 3 is 2.93 bits per heavy atom. The minimum absolute atomic E-state index is 0.184. The number of imidazole rings is 1. The number of ether oxygens (including phenoxy) is 3. The number of hydrogen-bond acceptors (Lipinski definition) is 9. The van der Waals surface area contributed by atoms with Gasteiger partial charge in [-0.15, -0.1) is 0 Å². The summed E-state index contributed by atoms with van der Waals surface area (Å²) in [5, 5.41) is 8.78. The Labute approximate surface area is 174 Å². The second-order valence-corrected chi connectivity index (χ2v) is 8.39. The second-order valence-electron chi connectivity index (χ2n) is 8.39. The van der Waals surface area contributed by atoms with Crippen LogP contribution in [0.25, 0.3) is 11.2 Å². The summed E-state index contributed by atoms with van der Waals surface area (Å²) in [6.07, 6.45) is 4.08. The van der Waals surface area contributed by atoms with E-state index in [-0.39, 0.29) is 25.2 Å². The van der Waals surface area contributed by atoms with Crippen molar-refractivity contribution in [3.63, 3.8) is 0 Å². The van der Waals surface area contributed by atoms with Gasteiger partial charge in [-0.3, -0.25) is 9.36 Å². The lowest BCUT2D eigenvalue weighted by molar-refractivity contribution is -0.205. The number of anilines is 1. The van der Waals surface area contributed by atoms with Crippen LogP contribution in [0.15, 0.2) is 12.7 Å². The number of carboxylic acids is 1. The molecule has 2 fully saturated rings. The number of carboxylic acid groups (broad SMARTS) is 1. The van der Waals surface area contributed by atoms with E-state index in [1.807, 2.05) is 25.5 Å². The lowest BCUT2D eigenvalue weighted by Crippen LogP contribution is -2.46. The Morgan fingerprint density at radius 2 is 2.17 bits per heavy atom. The predicted octanol–water partition coefficient (Wildman–Crippen LogP) is 0.798. The summed E-state index contributed by atoms with van der Waals surface area (Å²) in [5.41, 5.74) is 6.13. The molecule has 11 heteroatoms. The highest BCUT2D eigenvalue weighted by atomic mass is 16.8. The molecule has 0 amide bonds. The van der Waals surface area contributed by atoms with Crippen LogP contribution in [0.2, 0.25) is 0 Å². The third kappa shape index (κ3) is 3.73. The molecule has 3 unspecified atom stereocenters. The van der Waals surface area contributed by atoms with E-state index in [4.69, 9.17) is 25.1 Å². The van der Waals surface area contributed by atoms with Gasteiger partial charge in [-0.25, -0.2) is 15.0 Å². The number of nitrogens with two attached hydrogens (primary N) is 1. The molecular formula is C19H28N6O5. The highest BCUT2D eigenvalue weighted by Crippen LogP contribution is 2.47. The Morgan fingerprint density at radius 1 is 1.37 bits per heavy atom. The van der Waals surface area contributed by atoms with Crippen molar-refractivity contribution < 1.29 is 24.1 Å². The van der Waals surface area contributed by atoms with Crippen molar-refractivity contribution >= 4 is 23.0 Å². The first-order chi connectivity index (χ1) is 14.2. The topological polar surface area (TPSA) is 138 Å². The number of unbranched alkanes of at least 4 members (excludes halogenated alkanes) is 1. The van der Waals surface area contributed by atoms with Crippen LogP contribution in [0.3, 0.4) is 0 Å². The number of fused-ring (bicyclic) bond motifs is 2. The molecular weight excluding hydrogens is 392 g/mol. The summed E-state index contributed by atoms with van der Waals surface area (Å²) >= 11 is 0. The first-order valence-electron chi connectivity index (χ1n) is 10.1. The summed E-state index contributed by atoms with van der Waals surface area (Å²) in [5.74, 6) is -1.26. The number of likely N-dealkylation sites (N-methyl/N-ethyl adjacent to an activating group) is 1. The standard InChI is InChI=1S/C19H28N6O5/c1-18(2)29-15-12(8-24(3)7-5-4-6-13(26)27)28-9-19(15,30-18)25-11-23-14-16(20)21-10-22-17(14)25/h10-12,15H,4-9H2,1-3H3,(H,26,27)(H2,20,21,22). The number of hydrogen-bond donors (Lipinski definition) is 2. The molecule has 0 aromatic carbocycles. The van der Waals surface area contributed by atoms with Crippen molar-refractivity contribution in [3.05, 3.63) is 12.7 Å². The van der Waals surface area contributed by atoms with Crippen LogP contribution in [0.5, 0.6) is 0 Å². The van der Waals surface area contributed by atoms with Crippen molar-refractivity contribution in [2.75, 3.05) is 32.5 Å². The second kappa shape index (κ2) is 7.73. The number of nitrogens with zero attached hydrogens (tertiary/aromatic N) is 5. The summed E-state index contributed by atoms with van der Waals surface area (Å²) in [6.45, 7) is 5.44. The molecule has 2 aliphatic rings. The fraction of sp³-hybridized carbons (Fsp3) is 0.684. The van der Waals surface area contributed by atoms with E-state index >= 15 is 0 Å². The highest BCUT2D eigenvalue weighted by Gasteiger charge is 2.63. The molecule has 0 radical (unpaired) electrons. The fourth-order valence-electron chi connectivity index (χ4n) is 4.29. The number of rotatable bonds is 8. The fourth-order valence-corrected chi connectivity index (χ4v) is 4.29. The summed E-state index contributed by atoms with van der Waals surface area (Å²) in [6, 6.07) is 0. The lowest BCUT2D eigenvalue weighted by Gasteiger charge is -2.29. The normalized spacial score (nSPS) is 27.7. The van der Waals surface area contributed by atoms with Crippen LogP contribution in [-0.2, 0) is 24.7 Å². The molecule has 164 valence electrons. The van der Waals surface area contributed by atoms with Gasteiger partial charge in [0.05, 0.1) is 12.9 Å². The molecule has 2 aromatic rings. The molecule has 3 N–H and O–H groups in total. The minimum atomic E-state index is -0.909. The van der Waals surface area contributed by atoms with Crippen LogP contribution in [0.1, 0.15) is 33.1 Å². The molecule has 4 rings (SSSR count). The van der Waals surface area contributed by atoms with Gasteiger partial charge < -0.3 is 30.0 Å².